The van der Waals surface area contributed by atoms with Crippen LogP contribution in [0.5, 0.6) is 11.5 Å². The van der Waals surface area contributed by atoms with E-state index in [9.17, 15) is 12.8 Å². The van der Waals surface area contributed by atoms with E-state index < -0.39 is 10.0 Å². The van der Waals surface area contributed by atoms with E-state index >= 15 is 0 Å². The fraction of sp³-hybridized carbons (Fsp3) is 0.263. The average Bonchev–Trinajstić information content (AvgIpc) is 2.96. The van der Waals surface area contributed by atoms with Gasteiger partial charge in [-0.25, -0.2) is 17.5 Å². The molecule has 0 amide bonds. The predicted molar refractivity (Wildman–Crippen MR) is 101 cm³/mol. The van der Waals surface area contributed by atoms with Crippen LogP contribution in [0.3, 0.4) is 0 Å². The molecule has 3 aromatic rings. The van der Waals surface area contributed by atoms with Crippen molar-refractivity contribution in [3.63, 3.8) is 0 Å². The number of aromatic nitrogens is 1. The summed E-state index contributed by atoms with van der Waals surface area (Å²) < 4.78 is 51.5. The van der Waals surface area contributed by atoms with E-state index in [-0.39, 0.29) is 17.3 Å². The molecule has 0 aliphatic rings. The fourth-order valence-electron chi connectivity index (χ4n) is 3.05. The third-order valence-electron chi connectivity index (χ3n) is 4.41. The molecule has 0 saturated carbocycles. The number of sulfonamides is 1. The highest BCUT2D eigenvalue weighted by atomic mass is 32.2. The molecule has 6 nitrogen and oxygen atoms in total. The first-order valence-corrected chi connectivity index (χ1v) is 9.82. The molecule has 1 heterocycles. The van der Waals surface area contributed by atoms with Crippen LogP contribution in [0.2, 0.25) is 0 Å². The van der Waals surface area contributed by atoms with Crippen molar-refractivity contribution in [2.75, 3.05) is 20.8 Å². The zero-order valence-corrected chi connectivity index (χ0v) is 16.1. The summed E-state index contributed by atoms with van der Waals surface area (Å²) in [5, 5.41) is 0.762. The Labute approximate surface area is 157 Å². The molecule has 0 radical (unpaired) electrons. The van der Waals surface area contributed by atoms with Crippen LogP contribution in [0.1, 0.15) is 11.3 Å². The van der Waals surface area contributed by atoms with Gasteiger partial charge in [0, 0.05) is 29.2 Å². The van der Waals surface area contributed by atoms with Crippen LogP contribution in [-0.2, 0) is 16.4 Å². The van der Waals surface area contributed by atoms with Crippen LogP contribution >= 0.6 is 0 Å². The van der Waals surface area contributed by atoms with E-state index in [1.165, 1.54) is 38.5 Å². The van der Waals surface area contributed by atoms with Crippen LogP contribution in [0.15, 0.2) is 41.3 Å². The lowest BCUT2D eigenvalue weighted by Gasteiger charge is -2.11. The molecule has 2 N–H and O–H groups in total. The van der Waals surface area contributed by atoms with Crippen molar-refractivity contribution >= 4 is 20.9 Å². The summed E-state index contributed by atoms with van der Waals surface area (Å²) in [5.41, 5.74) is 2.60. The average molecular weight is 392 g/mol. The Morgan fingerprint density at radius 3 is 2.52 bits per heavy atom. The number of hydrogen-bond acceptors (Lipinski definition) is 4. The van der Waals surface area contributed by atoms with Gasteiger partial charge in [0.15, 0.2) is 11.5 Å². The molecular weight excluding hydrogens is 371 g/mol. The number of aryl methyl sites for hydroxylation is 1. The van der Waals surface area contributed by atoms with Crippen molar-refractivity contribution in [1.29, 1.82) is 0 Å². The van der Waals surface area contributed by atoms with Crippen LogP contribution in [-0.4, -0.2) is 34.2 Å². The number of rotatable bonds is 7. The Balaban J connectivity index is 1.77. The number of H-pyrrole nitrogens is 1. The van der Waals surface area contributed by atoms with Gasteiger partial charge in [-0.15, -0.1) is 0 Å². The molecule has 1 aromatic heterocycles. The molecule has 0 bridgehead atoms. The first-order valence-electron chi connectivity index (χ1n) is 8.34. The summed E-state index contributed by atoms with van der Waals surface area (Å²) in [7, 11) is -0.787. The smallest absolute Gasteiger partial charge is 0.240 e. The minimum absolute atomic E-state index is 0.0850. The first kappa shape index (κ1) is 19.2. The molecule has 144 valence electrons. The van der Waals surface area contributed by atoms with Gasteiger partial charge < -0.3 is 14.5 Å². The van der Waals surface area contributed by atoms with Gasteiger partial charge in [-0.1, -0.05) is 0 Å². The number of benzene rings is 2. The van der Waals surface area contributed by atoms with Crippen LogP contribution in [0, 0.1) is 12.7 Å². The number of aromatic amines is 1. The van der Waals surface area contributed by atoms with Crippen molar-refractivity contribution in [1.82, 2.24) is 9.71 Å². The lowest BCUT2D eigenvalue weighted by atomic mass is 10.1. The van der Waals surface area contributed by atoms with Gasteiger partial charge in [0.05, 0.1) is 19.1 Å². The molecular formula is C19H21FN2O4S. The number of hydrogen-bond donors (Lipinski definition) is 2. The number of methoxy groups -OCH3 is 2. The Bertz CT molecular complexity index is 1080. The standard InChI is InChI=1S/C19H21FN2O4S/c1-12-15(16-10-13(20)4-6-17(16)22-12)8-9-21-27(23,24)14-5-7-18(25-2)19(11-14)26-3/h4-7,10-11,21-22H,8-9H2,1-3H3. The second kappa shape index (κ2) is 7.58. The van der Waals surface area contributed by atoms with E-state index in [2.05, 4.69) is 9.71 Å². The highest BCUT2D eigenvalue weighted by Gasteiger charge is 2.17. The van der Waals surface area contributed by atoms with Crippen molar-refractivity contribution in [3.8, 4) is 11.5 Å². The Kier molecular flexibility index (Phi) is 5.38. The molecule has 3 rings (SSSR count). The largest absolute Gasteiger partial charge is 0.493 e. The monoisotopic (exact) mass is 392 g/mol. The highest BCUT2D eigenvalue weighted by molar-refractivity contribution is 7.89. The molecule has 0 spiro atoms. The number of ether oxygens (including phenoxy) is 2. The third kappa shape index (κ3) is 3.91. The molecule has 8 heteroatoms. The van der Waals surface area contributed by atoms with Crippen molar-refractivity contribution in [2.45, 2.75) is 18.2 Å². The molecule has 27 heavy (non-hydrogen) atoms. The molecule has 0 unspecified atom stereocenters. The summed E-state index contributed by atoms with van der Waals surface area (Å²) >= 11 is 0. The zero-order chi connectivity index (χ0) is 19.6. The van der Waals surface area contributed by atoms with Gasteiger partial charge in [-0.2, -0.15) is 0 Å². The molecule has 0 saturated heterocycles. The number of fused-ring (bicyclic) bond motifs is 1. The lowest BCUT2D eigenvalue weighted by Crippen LogP contribution is -2.26. The minimum atomic E-state index is -3.72. The van der Waals surface area contributed by atoms with Crippen LogP contribution in [0.4, 0.5) is 4.39 Å². The normalized spacial score (nSPS) is 11.7. The molecule has 0 aliphatic carbocycles. The SMILES string of the molecule is COc1ccc(S(=O)(=O)NCCc2c(C)[nH]c3ccc(F)cc23)cc1OC. The zero-order valence-electron chi connectivity index (χ0n) is 15.3. The highest BCUT2D eigenvalue weighted by Crippen LogP contribution is 2.29. The maximum absolute atomic E-state index is 13.5. The number of nitrogens with one attached hydrogen (secondary N) is 2. The Morgan fingerprint density at radius 2 is 1.81 bits per heavy atom. The quantitative estimate of drug-likeness (QED) is 0.647. The van der Waals surface area contributed by atoms with Gasteiger partial charge in [-0.3, -0.25) is 0 Å². The Morgan fingerprint density at radius 1 is 1.07 bits per heavy atom. The van der Waals surface area contributed by atoms with E-state index in [1.54, 1.807) is 12.1 Å². The fourth-order valence-corrected chi connectivity index (χ4v) is 4.10. The van der Waals surface area contributed by atoms with Crippen molar-refractivity contribution < 1.29 is 22.3 Å². The molecule has 0 fully saturated rings. The van der Waals surface area contributed by atoms with E-state index in [0.29, 0.717) is 17.9 Å². The Hall–Kier alpha value is -2.58. The minimum Gasteiger partial charge on any atom is -0.493 e. The van der Waals surface area contributed by atoms with Gasteiger partial charge in [-0.05, 0) is 49.2 Å². The second-order valence-electron chi connectivity index (χ2n) is 6.08. The lowest BCUT2D eigenvalue weighted by molar-refractivity contribution is 0.354. The maximum atomic E-state index is 13.5. The summed E-state index contributed by atoms with van der Waals surface area (Å²) in [6.07, 6.45) is 0.432. The summed E-state index contributed by atoms with van der Waals surface area (Å²) in [4.78, 5) is 3.27. The van der Waals surface area contributed by atoms with E-state index in [4.69, 9.17) is 9.47 Å². The van der Waals surface area contributed by atoms with Crippen molar-refractivity contribution in [2.24, 2.45) is 0 Å². The van der Waals surface area contributed by atoms with Gasteiger partial charge in [0.1, 0.15) is 5.82 Å². The number of halogens is 1. The molecule has 0 aliphatic heterocycles. The summed E-state index contributed by atoms with van der Waals surface area (Å²) in [5.74, 6) is 0.463. The first-order chi connectivity index (χ1) is 12.9. The topological polar surface area (TPSA) is 80.4 Å². The van der Waals surface area contributed by atoms with E-state index in [0.717, 1.165) is 22.2 Å². The van der Waals surface area contributed by atoms with E-state index in [1.807, 2.05) is 6.92 Å². The second-order valence-corrected chi connectivity index (χ2v) is 7.85. The van der Waals surface area contributed by atoms with Gasteiger partial charge in [0.2, 0.25) is 10.0 Å². The van der Waals surface area contributed by atoms with Gasteiger partial charge >= 0.3 is 0 Å². The van der Waals surface area contributed by atoms with Crippen LogP contribution in [0.25, 0.3) is 10.9 Å². The van der Waals surface area contributed by atoms with Crippen LogP contribution < -0.4 is 14.2 Å². The summed E-state index contributed by atoms with van der Waals surface area (Å²) in [6.45, 7) is 2.07. The van der Waals surface area contributed by atoms with Crippen molar-refractivity contribution in [3.05, 3.63) is 53.5 Å². The van der Waals surface area contributed by atoms with Gasteiger partial charge in [0.25, 0.3) is 0 Å². The predicted octanol–water partition coefficient (Wildman–Crippen LogP) is 3.15. The molecule has 2 aromatic carbocycles. The summed E-state index contributed by atoms with van der Waals surface area (Å²) in [6, 6.07) is 8.93. The third-order valence-corrected chi connectivity index (χ3v) is 5.87. The molecule has 0 atom stereocenters. The maximum Gasteiger partial charge on any atom is 0.240 e.